The van der Waals surface area contributed by atoms with Crippen LogP contribution >= 0.6 is 12.6 Å². The lowest BCUT2D eigenvalue weighted by Crippen LogP contribution is -1.97. The van der Waals surface area contributed by atoms with Gasteiger partial charge in [0.15, 0.2) is 0 Å². The molecule has 1 nitrogen and oxygen atoms in total. The normalized spacial score (nSPS) is 9.56. The molecule has 0 radical (unpaired) electrons. The van der Waals surface area contributed by atoms with Crippen LogP contribution < -0.4 is 5.73 Å². The second-order valence-corrected chi connectivity index (χ2v) is 2.80. The average molecular weight is 145 g/mol. The van der Waals surface area contributed by atoms with E-state index in [9.17, 15) is 0 Å². The second-order valence-electron chi connectivity index (χ2n) is 2.17. The highest BCUT2D eigenvalue weighted by Gasteiger charge is 1.87. The average Bonchev–Trinajstić information content (AvgIpc) is 1.80. The van der Waals surface area contributed by atoms with Crippen molar-refractivity contribution >= 4 is 12.6 Å². The first kappa shape index (κ1) is 9.05. The molecule has 0 saturated carbocycles. The number of hydrogen-bond acceptors (Lipinski definition) is 2. The summed E-state index contributed by atoms with van der Waals surface area (Å²) >= 11 is 4.07. The molecule has 0 aliphatic rings. The first-order valence-electron chi connectivity index (χ1n) is 3.34. The van der Waals surface area contributed by atoms with E-state index < -0.39 is 0 Å². The summed E-state index contributed by atoms with van der Waals surface area (Å²) in [4.78, 5) is 0.979. The molecule has 0 bridgehead atoms. The van der Waals surface area contributed by atoms with Crippen LogP contribution in [-0.2, 0) is 0 Å². The fourth-order valence-electron chi connectivity index (χ4n) is 0.650. The Hall–Kier alpha value is 0.0500. The summed E-state index contributed by atoms with van der Waals surface area (Å²) in [6.45, 7) is 4.49. The molecule has 0 aromatic carbocycles. The maximum atomic E-state index is 5.30. The lowest BCUT2D eigenvalue weighted by atomic mass is 10.2. The molecule has 0 aliphatic heterocycles. The second kappa shape index (κ2) is 6.17. The fraction of sp³-hybridized carbons (Fsp3) is 0.714. The summed E-state index contributed by atoms with van der Waals surface area (Å²) in [5.41, 5.74) is 5.30. The fourth-order valence-corrected chi connectivity index (χ4v) is 0.808. The van der Waals surface area contributed by atoms with Gasteiger partial charge in [-0.25, -0.2) is 0 Å². The molecule has 0 aliphatic carbocycles. The molecule has 54 valence electrons. The monoisotopic (exact) mass is 145 g/mol. The molecular weight excluding hydrogens is 130 g/mol. The Morgan fingerprint density at radius 1 is 1.33 bits per heavy atom. The lowest BCUT2D eigenvalue weighted by molar-refractivity contribution is 0.693. The van der Waals surface area contributed by atoms with Gasteiger partial charge in [0.25, 0.3) is 0 Å². The first-order valence-corrected chi connectivity index (χ1v) is 3.79. The van der Waals surface area contributed by atoms with Crippen LogP contribution in [0.15, 0.2) is 11.5 Å². The predicted octanol–water partition coefficient (Wildman–Crippen LogP) is 1.95. The summed E-state index contributed by atoms with van der Waals surface area (Å²) < 4.78 is 0. The number of allylic oxidation sites excluding steroid dienone is 1. The maximum absolute atomic E-state index is 5.30. The van der Waals surface area contributed by atoms with E-state index in [0.717, 1.165) is 24.3 Å². The van der Waals surface area contributed by atoms with Gasteiger partial charge in [0, 0.05) is 0 Å². The third-order valence-corrected chi connectivity index (χ3v) is 1.39. The first-order chi connectivity index (χ1) is 4.27. The Kier molecular flexibility index (Phi) is 6.21. The number of nitrogens with two attached hydrogens (primary N) is 1. The van der Waals surface area contributed by atoms with Crippen LogP contribution in [0.3, 0.4) is 0 Å². The molecule has 0 unspecified atom stereocenters. The number of hydrogen-bond donors (Lipinski definition) is 2. The standard InChI is InChI=1S/C7H15NS/c1-7(9)5-3-2-4-6-8/h9H,1-6,8H2. The molecule has 2 heteroatoms. The van der Waals surface area contributed by atoms with E-state index in [4.69, 9.17) is 5.73 Å². The third-order valence-electron chi connectivity index (χ3n) is 1.17. The summed E-state index contributed by atoms with van der Waals surface area (Å²) in [5.74, 6) is 0. The minimum Gasteiger partial charge on any atom is -0.330 e. The van der Waals surface area contributed by atoms with Crippen molar-refractivity contribution in [1.29, 1.82) is 0 Å². The van der Waals surface area contributed by atoms with Crippen LogP contribution in [-0.4, -0.2) is 6.54 Å². The summed E-state index contributed by atoms with van der Waals surface area (Å²) in [5, 5.41) is 0. The van der Waals surface area contributed by atoms with E-state index in [-0.39, 0.29) is 0 Å². The van der Waals surface area contributed by atoms with Crippen molar-refractivity contribution in [3.63, 3.8) is 0 Å². The van der Waals surface area contributed by atoms with Gasteiger partial charge in [-0.05, 0) is 30.7 Å². The molecule has 0 saturated heterocycles. The molecule has 0 atom stereocenters. The van der Waals surface area contributed by atoms with Crippen molar-refractivity contribution in [3.05, 3.63) is 11.5 Å². The molecule has 0 rings (SSSR count). The van der Waals surface area contributed by atoms with Gasteiger partial charge in [0.1, 0.15) is 0 Å². The number of thiol groups is 1. The van der Waals surface area contributed by atoms with Crippen molar-refractivity contribution < 1.29 is 0 Å². The topological polar surface area (TPSA) is 26.0 Å². The minimum absolute atomic E-state index is 0.805. The SMILES string of the molecule is C=C(S)CCCCCN. The summed E-state index contributed by atoms with van der Waals surface area (Å²) in [7, 11) is 0. The maximum Gasteiger partial charge on any atom is -0.00773 e. The van der Waals surface area contributed by atoms with E-state index >= 15 is 0 Å². The Labute approximate surface area is 62.7 Å². The largest absolute Gasteiger partial charge is 0.330 e. The van der Waals surface area contributed by atoms with Gasteiger partial charge in [-0.1, -0.05) is 13.0 Å². The molecule has 9 heavy (non-hydrogen) atoms. The number of unbranched alkanes of at least 4 members (excludes halogenated alkanes) is 2. The molecule has 0 spiro atoms. The van der Waals surface area contributed by atoms with Crippen LogP contribution in [0.4, 0.5) is 0 Å². The molecule has 0 aromatic rings. The predicted molar refractivity (Wildman–Crippen MR) is 45.6 cm³/mol. The Morgan fingerprint density at radius 3 is 2.44 bits per heavy atom. The highest BCUT2D eigenvalue weighted by molar-refractivity contribution is 7.84. The van der Waals surface area contributed by atoms with Crippen molar-refractivity contribution in [1.82, 2.24) is 0 Å². The van der Waals surface area contributed by atoms with E-state index in [0.29, 0.717) is 0 Å². The van der Waals surface area contributed by atoms with Crippen molar-refractivity contribution in [2.75, 3.05) is 6.54 Å². The zero-order valence-electron chi connectivity index (χ0n) is 5.77. The van der Waals surface area contributed by atoms with Crippen LogP contribution in [0.25, 0.3) is 0 Å². The lowest BCUT2D eigenvalue weighted by Gasteiger charge is -1.96. The smallest absolute Gasteiger partial charge is 0.00773 e. The Balaban J connectivity index is 2.83. The van der Waals surface area contributed by atoms with Crippen LogP contribution in [0.2, 0.25) is 0 Å². The Morgan fingerprint density at radius 2 is 2.00 bits per heavy atom. The molecule has 0 aromatic heterocycles. The van der Waals surface area contributed by atoms with Gasteiger partial charge in [0.2, 0.25) is 0 Å². The van der Waals surface area contributed by atoms with Crippen LogP contribution in [0, 0.1) is 0 Å². The molecule has 0 fully saturated rings. The molecular formula is C7H15NS. The highest BCUT2D eigenvalue weighted by Crippen LogP contribution is 2.08. The van der Waals surface area contributed by atoms with Gasteiger partial charge in [-0.15, -0.1) is 12.6 Å². The van der Waals surface area contributed by atoms with Gasteiger partial charge in [-0.3, -0.25) is 0 Å². The molecule has 0 amide bonds. The minimum atomic E-state index is 0.805. The van der Waals surface area contributed by atoms with E-state index in [1.54, 1.807) is 0 Å². The zero-order chi connectivity index (χ0) is 7.11. The van der Waals surface area contributed by atoms with Crippen molar-refractivity contribution in [2.45, 2.75) is 25.7 Å². The Bertz CT molecular complexity index is 81.0. The van der Waals surface area contributed by atoms with Crippen molar-refractivity contribution in [3.8, 4) is 0 Å². The van der Waals surface area contributed by atoms with E-state index in [2.05, 4.69) is 19.2 Å². The van der Waals surface area contributed by atoms with Gasteiger partial charge in [0.05, 0.1) is 0 Å². The molecule has 2 N–H and O–H groups in total. The quantitative estimate of drug-likeness (QED) is 0.449. The van der Waals surface area contributed by atoms with E-state index in [1.165, 1.54) is 12.8 Å². The number of rotatable bonds is 5. The highest BCUT2D eigenvalue weighted by atomic mass is 32.1. The summed E-state index contributed by atoms with van der Waals surface area (Å²) in [6, 6.07) is 0. The van der Waals surface area contributed by atoms with Gasteiger partial charge in [-0.2, -0.15) is 0 Å². The van der Waals surface area contributed by atoms with Gasteiger partial charge >= 0.3 is 0 Å². The van der Waals surface area contributed by atoms with Crippen LogP contribution in [0.5, 0.6) is 0 Å². The van der Waals surface area contributed by atoms with E-state index in [1.807, 2.05) is 0 Å². The zero-order valence-corrected chi connectivity index (χ0v) is 6.66. The van der Waals surface area contributed by atoms with Crippen molar-refractivity contribution in [2.24, 2.45) is 5.73 Å². The van der Waals surface area contributed by atoms with Gasteiger partial charge < -0.3 is 5.73 Å². The molecule has 0 heterocycles. The van der Waals surface area contributed by atoms with Crippen LogP contribution in [0.1, 0.15) is 25.7 Å². The summed E-state index contributed by atoms with van der Waals surface area (Å²) in [6.07, 6.45) is 4.54. The third kappa shape index (κ3) is 8.05.